The first-order valence-electron chi connectivity index (χ1n) is 12.7. The third kappa shape index (κ3) is 4.74. The molecule has 208 valence electrons. The van der Waals surface area contributed by atoms with Crippen molar-refractivity contribution in [2.75, 3.05) is 15.5 Å². The number of carboxylic acids is 1. The number of hydrogen-bond donors (Lipinski definition) is 3. The lowest BCUT2D eigenvalue weighted by molar-refractivity contribution is 0.0697. The van der Waals surface area contributed by atoms with Gasteiger partial charge in [0.05, 0.1) is 46.7 Å². The normalized spacial score (nSPS) is 13.7. The van der Waals surface area contributed by atoms with Crippen molar-refractivity contribution in [2.24, 2.45) is 5.41 Å². The number of amides is 1. The zero-order valence-corrected chi connectivity index (χ0v) is 23.3. The molecule has 1 aliphatic heterocycles. The number of carbonyl (C=O) groups is 2. The molecule has 0 saturated carbocycles. The molecule has 3 N–H and O–H groups in total. The van der Waals surface area contributed by atoms with E-state index in [1.165, 1.54) is 29.2 Å². The van der Waals surface area contributed by atoms with Gasteiger partial charge in [-0.25, -0.2) is 4.79 Å². The van der Waals surface area contributed by atoms with E-state index in [2.05, 4.69) is 10.6 Å². The monoisotopic (exact) mass is 572 g/mol. The minimum Gasteiger partial charge on any atom is -0.478 e. The number of carboxylic acid groups (broad SMARTS) is 1. The van der Waals surface area contributed by atoms with Crippen LogP contribution in [0.2, 0.25) is 5.02 Å². The molecule has 0 unspecified atom stereocenters. The number of aryl methyl sites for hydroxylation is 1. The molecule has 4 aromatic rings. The first kappa shape index (κ1) is 27.7. The summed E-state index contributed by atoms with van der Waals surface area (Å²) >= 11 is 6.44. The van der Waals surface area contributed by atoms with E-state index in [9.17, 15) is 29.5 Å². The number of halogens is 1. The Kier molecular flexibility index (Phi) is 6.71. The molecule has 3 aromatic carbocycles. The second kappa shape index (κ2) is 9.94. The highest BCUT2D eigenvalue weighted by Crippen LogP contribution is 2.41. The molecule has 10 nitrogen and oxygen atoms in total. The van der Waals surface area contributed by atoms with E-state index in [-0.39, 0.29) is 51.0 Å². The number of aromatic carboxylic acids is 1. The molecule has 11 heteroatoms. The van der Waals surface area contributed by atoms with Crippen molar-refractivity contribution in [3.05, 3.63) is 102 Å². The summed E-state index contributed by atoms with van der Waals surface area (Å²) in [6.45, 7) is 7.65. The summed E-state index contributed by atoms with van der Waals surface area (Å²) in [5.41, 5.74) is -0.996. The summed E-state index contributed by atoms with van der Waals surface area (Å²) in [7, 11) is 0. The van der Waals surface area contributed by atoms with Crippen molar-refractivity contribution in [1.29, 1.82) is 5.26 Å². The van der Waals surface area contributed by atoms with E-state index in [1.807, 2.05) is 45.9 Å². The van der Waals surface area contributed by atoms with Gasteiger partial charge in [-0.3, -0.25) is 14.4 Å². The second-order valence-corrected chi connectivity index (χ2v) is 11.3. The van der Waals surface area contributed by atoms with Gasteiger partial charge >= 0.3 is 5.97 Å². The first-order valence-corrected chi connectivity index (χ1v) is 13.0. The van der Waals surface area contributed by atoms with Crippen LogP contribution in [-0.4, -0.2) is 17.0 Å². The fourth-order valence-electron chi connectivity index (χ4n) is 4.94. The largest absolute Gasteiger partial charge is 0.478 e. The van der Waals surface area contributed by atoms with Gasteiger partial charge in [-0.15, -0.1) is 0 Å². The predicted molar refractivity (Wildman–Crippen MR) is 154 cm³/mol. The number of furan rings is 1. The third-order valence-corrected chi connectivity index (χ3v) is 7.40. The molecular weight excluding hydrogens is 548 g/mol. The number of fused-ring (bicyclic) bond motifs is 1. The Labute approximate surface area is 239 Å². The molecule has 1 amide bonds. The van der Waals surface area contributed by atoms with Gasteiger partial charge in [0.1, 0.15) is 22.9 Å². The van der Waals surface area contributed by atoms with Gasteiger partial charge in [-0.05, 0) is 54.8 Å². The molecule has 1 atom stereocenters. The summed E-state index contributed by atoms with van der Waals surface area (Å²) < 4.78 is 5.81. The standard InChI is InChI=1S/C30H25ClN4O6/c1-14-5-10-21(41-14)27(30(2,3)4)34-24-23(25(36)26(24)37)33-19-9-8-18(31)17-13-35(28(38)22(17)19)20-11-15(12-32)6-7-16(20)29(39)40/h5-11,27,33-34H,13H2,1-4H3,(H,39,40)/t27-/m0/s1. The van der Waals surface area contributed by atoms with Crippen LogP contribution in [0, 0.1) is 23.7 Å². The highest BCUT2D eigenvalue weighted by molar-refractivity contribution is 6.33. The highest BCUT2D eigenvalue weighted by atomic mass is 35.5. The van der Waals surface area contributed by atoms with Crippen molar-refractivity contribution >= 4 is 46.2 Å². The minimum absolute atomic E-state index is 0.0130. The Morgan fingerprint density at radius 3 is 2.41 bits per heavy atom. The SMILES string of the molecule is Cc1ccc([C@H](Nc2c(Nc3ccc(Cl)c4c3C(=O)N(c3cc(C#N)ccc3C(=O)O)C4)c(=O)c2=O)C(C)(C)C)o1. The molecule has 0 saturated heterocycles. The zero-order valence-electron chi connectivity index (χ0n) is 22.6. The maximum atomic E-state index is 13.7. The van der Waals surface area contributed by atoms with E-state index >= 15 is 0 Å². The fraction of sp³-hybridized carbons (Fsp3) is 0.233. The average molecular weight is 573 g/mol. The average Bonchev–Trinajstić information content (AvgIpc) is 3.51. The van der Waals surface area contributed by atoms with Gasteiger partial charge in [0.25, 0.3) is 16.8 Å². The number of carbonyl (C=O) groups excluding carboxylic acids is 1. The topological polar surface area (TPSA) is 153 Å². The van der Waals surface area contributed by atoms with Gasteiger partial charge in [0, 0.05) is 10.6 Å². The summed E-state index contributed by atoms with van der Waals surface area (Å²) in [5, 5.41) is 25.4. The Balaban J connectivity index is 1.53. The maximum absolute atomic E-state index is 13.7. The first-order chi connectivity index (χ1) is 19.3. The molecule has 5 rings (SSSR count). The maximum Gasteiger partial charge on any atom is 0.337 e. The molecule has 0 fully saturated rings. The number of anilines is 4. The molecule has 0 radical (unpaired) electrons. The van der Waals surface area contributed by atoms with Crippen molar-refractivity contribution < 1.29 is 19.1 Å². The van der Waals surface area contributed by atoms with E-state index in [0.29, 0.717) is 17.1 Å². The molecule has 1 aromatic heterocycles. The number of nitriles is 1. The van der Waals surface area contributed by atoms with Crippen molar-refractivity contribution in [1.82, 2.24) is 0 Å². The Bertz CT molecular complexity index is 1850. The summed E-state index contributed by atoms with van der Waals surface area (Å²) in [6.07, 6.45) is 0. The zero-order chi connectivity index (χ0) is 29.8. The van der Waals surface area contributed by atoms with Crippen LogP contribution in [0.1, 0.15) is 70.2 Å². The fourth-order valence-corrected chi connectivity index (χ4v) is 5.16. The highest BCUT2D eigenvalue weighted by Gasteiger charge is 2.37. The summed E-state index contributed by atoms with van der Waals surface area (Å²) in [5.74, 6) is -0.543. The van der Waals surface area contributed by atoms with Crippen LogP contribution in [0.4, 0.5) is 22.7 Å². The lowest BCUT2D eigenvalue weighted by Crippen LogP contribution is -2.39. The summed E-state index contributed by atoms with van der Waals surface area (Å²) in [4.78, 5) is 52.3. The van der Waals surface area contributed by atoms with E-state index < -0.39 is 34.2 Å². The number of hydrogen-bond acceptors (Lipinski definition) is 8. The van der Waals surface area contributed by atoms with E-state index in [0.717, 1.165) is 0 Å². The Hall–Kier alpha value is -4.88. The Morgan fingerprint density at radius 2 is 1.80 bits per heavy atom. The van der Waals surface area contributed by atoms with Crippen LogP contribution < -0.4 is 26.4 Å². The quantitative estimate of drug-likeness (QED) is 0.243. The second-order valence-electron chi connectivity index (χ2n) is 10.9. The van der Waals surface area contributed by atoms with Gasteiger partial charge in [-0.2, -0.15) is 5.26 Å². The lowest BCUT2D eigenvalue weighted by atomic mass is 9.85. The van der Waals surface area contributed by atoms with Crippen molar-refractivity contribution in [3.8, 4) is 6.07 Å². The number of rotatable bonds is 7. The van der Waals surface area contributed by atoms with Crippen LogP contribution >= 0.6 is 11.6 Å². The van der Waals surface area contributed by atoms with Gasteiger partial charge < -0.3 is 25.1 Å². The van der Waals surface area contributed by atoms with Crippen LogP contribution in [0.15, 0.2) is 56.5 Å². The number of nitrogens with one attached hydrogen (secondary N) is 2. The summed E-state index contributed by atoms with van der Waals surface area (Å²) in [6, 6.07) is 12.1. The lowest BCUT2D eigenvalue weighted by Gasteiger charge is -2.31. The minimum atomic E-state index is -1.27. The van der Waals surface area contributed by atoms with Crippen molar-refractivity contribution in [2.45, 2.75) is 40.3 Å². The van der Waals surface area contributed by atoms with Gasteiger partial charge in [-0.1, -0.05) is 32.4 Å². The molecule has 1 aliphatic rings. The molecule has 0 spiro atoms. The van der Waals surface area contributed by atoms with Crippen LogP contribution in [-0.2, 0) is 6.54 Å². The van der Waals surface area contributed by atoms with Crippen molar-refractivity contribution in [3.63, 3.8) is 0 Å². The Morgan fingerprint density at radius 1 is 1.10 bits per heavy atom. The van der Waals surface area contributed by atoms with Gasteiger partial charge in [0.2, 0.25) is 0 Å². The molecule has 0 bridgehead atoms. The number of benzene rings is 2. The molecule has 2 heterocycles. The number of nitrogens with zero attached hydrogens (tertiary/aromatic N) is 2. The molecule has 0 aliphatic carbocycles. The molecule has 41 heavy (non-hydrogen) atoms. The third-order valence-electron chi connectivity index (χ3n) is 7.05. The predicted octanol–water partition coefficient (Wildman–Crippen LogP) is 5.51. The molecular formula is C30H25ClN4O6. The van der Waals surface area contributed by atoms with Crippen LogP contribution in [0.25, 0.3) is 0 Å². The van der Waals surface area contributed by atoms with Gasteiger partial charge in [0.15, 0.2) is 0 Å². The smallest absolute Gasteiger partial charge is 0.337 e. The van der Waals surface area contributed by atoms with E-state index in [1.54, 1.807) is 6.07 Å². The van der Waals surface area contributed by atoms with Crippen LogP contribution in [0.3, 0.4) is 0 Å². The van der Waals surface area contributed by atoms with E-state index in [4.69, 9.17) is 16.0 Å². The van der Waals surface area contributed by atoms with Crippen LogP contribution in [0.5, 0.6) is 0 Å².